The highest BCUT2D eigenvalue weighted by Gasteiger charge is 2.40. The van der Waals surface area contributed by atoms with Crippen LogP contribution in [0, 0.1) is 5.92 Å². The normalized spacial score (nSPS) is 19.1. The maximum atomic E-state index is 12.5. The van der Waals surface area contributed by atoms with Gasteiger partial charge in [0.05, 0.1) is 12.8 Å². The van der Waals surface area contributed by atoms with Gasteiger partial charge in [0, 0.05) is 18.0 Å². The Morgan fingerprint density at radius 2 is 2.07 bits per heavy atom. The van der Waals surface area contributed by atoms with Crippen LogP contribution in [-0.2, 0) is 9.59 Å². The number of nitrogens with zero attached hydrogens (tertiary/aromatic N) is 1. The van der Waals surface area contributed by atoms with E-state index in [2.05, 4.69) is 15.8 Å². The molecule has 1 saturated heterocycles. The van der Waals surface area contributed by atoms with Crippen LogP contribution in [0.25, 0.3) is 0 Å². The van der Waals surface area contributed by atoms with Gasteiger partial charge in [-0.2, -0.15) is 5.10 Å². The second-order valence-electron chi connectivity index (χ2n) is 6.10. The Morgan fingerprint density at radius 1 is 1.30 bits per heavy atom. The number of hydrogen-bond donors (Lipinski definition) is 3. The van der Waals surface area contributed by atoms with Gasteiger partial charge in [-0.05, 0) is 24.6 Å². The van der Waals surface area contributed by atoms with E-state index in [1.54, 1.807) is 18.2 Å². The molecular formula is C20H21N3O4. The molecule has 0 spiro atoms. The first-order valence-corrected chi connectivity index (χ1v) is 8.72. The first-order valence-electron chi connectivity index (χ1n) is 8.72. The number of phenols is 1. The van der Waals surface area contributed by atoms with Crippen LogP contribution in [-0.4, -0.2) is 36.3 Å². The van der Waals surface area contributed by atoms with Gasteiger partial charge in [0.1, 0.15) is 5.92 Å². The van der Waals surface area contributed by atoms with Gasteiger partial charge in [-0.25, -0.2) is 5.43 Å². The number of ether oxygens (including phenoxy) is 1. The van der Waals surface area contributed by atoms with E-state index in [1.807, 2.05) is 37.3 Å². The average Bonchev–Trinajstić information content (AvgIpc) is 3.07. The van der Waals surface area contributed by atoms with E-state index in [1.165, 1.54) is 6.21 Å². The summed E-state index contributed by atoms with van der Waals surface area (Å²) in [7, 11) is 0. The zero-order valence-electron chi connectivity index (χ0n) is 14.9. The van der Waals surface area contributed by atoms with Crippen LogP contribution in [0.1, 0.15) is 24.0 Å². The first kappa shape index (κ1) is 18.4. The topological polar surface area (TPSA) is 100 Å². The summed E-state index contributed by atoms with van der Waals surface area (Å²) in [4.78, 5) is 24.6. The molecule has 140 valence electrons. The van der Waals surface area contributed by atoms with Gasteiger partial charge in [0.2, 0.25) is 5.91 Å². The quantitative estimate of drug-likeness (QED) is 0.412. The molecule has 2 aromatic rings. The smallest absolute Gasteiger partial charge is 0.253 e. The number of rotatable bonds is 6. The van der Waals surface area contributed by atoms with Crippen molar-refractivity contribution in [3.05, 3.63) is 59.7 Å². The van der Waals surface area contributed by atoms with Gasteiger partial charge in [-0.1, -0.05) is 36.4 Å². The highest BCUT2D eigenvalue weighted by Crippen LogP contribution is 2.30. The molecular weight excluding hydrogens is 346 g/mol. The lowest BCUT2D eigenvalue weighted by molar-refractivity contribution is -0.133. The molecule has 2 amide bonds. The number of aromatic hydroxyl groups is 1. The van der Waals surface area contributed by atoms with Gasteiger partial charge in [-0.3, -0.25) is 9.59 Å². The number of benzene rings is 2. The standard InChI is InChI=1S/C20H21N3O4/c1-2-27-16-10-6-9-14(18(16)24)11-22-23-20(26)17-15(12-21-19(17)25)13-7-4-3-5-8-13/h3-11,15,17,24H,2,12H2,1H3,(H,21,25)(H,23,26)/b22-11+/t15-,17+/m1/s1. The molecule has 2 atom stereocenters. The van der Waals surface area contributed by atoms with Crippen molar-refractivity contribution in [2.75, 3.05) is 13.2 Å². The molecule has 27 heavy (non-hydrogen) atoms. The van der Waals surface area contributed by atoms with Gasteiger partial charge in [0.15, 0.2) is 11.5 Å². The molecule has 7 nitrogen and oxygen atoms in total. The molecule has 1 aliphatic heterocycles. The minimum atomic E-state index is -0.854. The number of nitrogens with one attached hydrogen (secondary N) is 2. The summed E-state index contributed by atoms with van der Waals surface area (Å²) in [5.41, 5.74) is 3.72. The van der Waals surface area contributed by atoms with Gasteiger partial charge in [-0.15, -0.1) is 0 Å². The van der Waals surface area contributed by atoms with Crippen molar-refractivity contribution < 1.29 is 19.4 Å². The molecule has 1 aliphatic rings. The Hall–Kier alpha value is -3.35. The molecule has 2 aromatic carbocycles. The lowest BCUT2D eigenvalue weighted by atomic mass is 9.88. The highest BCUT2D eigenvalue weighted by molar-refractivity contribution is 6.03. The van der Waals surface area contributed by atoms with E-state index in [0.717, 1.165) is 5.56 Å². The molecule has 0 unspecified atom stereocenters. The van der Waals surface area contributed by atoms with Crippen molar-refractivity contribution in [2.45, 2.75) is 12.8 Å². The molecule has 0 aromatic heterocycles. The third kappa shape index (κ3) is 4.08. The average molecular weight is 367 g/mol. The van der Waals surface area contributed by atoms with Crippen LogP contribution in [0.5, 0.6) is 11.5 Å². The number of phenolic OH excluding ortho intramolecular Hbond substituents is 1. The van der Waals surface area contributed by atoms with E-state index >= 15 is 0 Å². The van der Waals surface area contributed by atoms with Crippen molar-refractivity contribution in [3.63, 3.8) is 0 Å². The molecule has 0 saturated carbocycles. The monoisotopic (exact) mass is 367 g/mol. The molecule has 1 heterocycles. The summed E-state index contributed by atoms with van der Waals surface area (Å²) in [5, 5.41) is 16.8. The van der Waals surface area contributed by atoms with Crippen molar-refractivity contribution in [2.24, 2.45) is 11.0 Å². The van der Waals surface area contributed by atoms with Crippen LogP contribution in [0.4, 0.5) is 0 Å². The lowest BCUT2D eigenvalue weighted by Gasteiger charge is -2.15. The van der Waals surface area contributed by atoms with Crippen molar-refractivity contribution in [3.8, 4) is 11.5 Å². The minimum absolute atomic E-state index is 0.0573. The van der Waals surface area contributed by atoms with Crippen LogP contribution in [0.15, 0.2) is 53.6 Å². The summed E-state index contributed by atoms with van der Waals surface area (Å²) in [6, 6.07) is 14.4. The predicted molar refractivity (Wildman–Crippen MR) is 101 cm³/mol. The Labute approximate surface area is 157 Å². The van der Waals surface area contributed by atoms with Crippen LogP contribution < -0.4 is 15.5 Å². The Kier molecular flexibility index (Phi) is 5.71. The molecule has 3 N–H and O–H groups in total. The number of carbonyl (C=O) groups is 2. The van der Waals surface area contributed by atoms with Crippen molar-refractivity contribution in [1.29, 1.82) is 0 Å². The largest absolute Gasteiger partial charge is 0.504 e. The first-order chi connectivity index (χ1) is 13.1. The summed E-state index contributed by atoms with van der Waals surface area (Å²) < 4.78 is 5.31. The van der Waals surface area contributed by atoms with E-state index in [9.17, 15) is 14.7 Å². The molecule has 7 heteroatoms. The summed E-state index contributed by atoms with van der Waals surface area (Å²) >= 11 is 0. The van der Waals surface area contributed by atoms with Crippen LogP contribution in [0.3, 0.4) is 0 Å². The Bertz CT molecular complexity index is 852. The summed E-state index contributed by atoms with van der Waals surface area (Å²) in [5.74, 6) is -1.63. The molecule has 3 rings (SSSR count). The maximum absolute atomic E-state index is 12.5. The third-order valence-electron chi connectivity index (χ3n) is 4.40. The van der Waals surface area contributed by atoms with Gasteiger partial charge >= 0.3 is 0 Å². The minimum Gasteiger partial charge on any atom is -0.504 e. The molecule has 0 bridgehead atoms. The Balaban J connectivity index is 1.70. The summed E-state index contributed by atoms with van der Waals surface area (Å²) in [6.45, 7) is 2.64. The van der Waals surface area contributed by atoms with E-state index < -0.39 is 11.8 Å². The number of amides is 2. The fraction of sp³-hybridized carbons (Fsp3) is 0.250. The van der Waals surface area contributed by atoms with Crippen molar-refractivity contribution >= 4 is 18.0 Å². The highest BCUT2D eigenvalue weighted by atomic mass is 16.5. The fourth-order valence-corrected chi connectivity index (χ4v) is 3.08. The van der Waals surface area contributed by atoms with E-state index in [-0.39, 0.29) is 17.6 Å². The van der Waals surface area contributed by atoms with Crippen LogP contribution in [0.2, 0.25) is 0 Å². The Morgan fingerprint density at radius 3 is 2.81 bits per heavy atom. The zero-order valence-corrected chi connectivity index (χ0v) is 14.9. The fourth-order valence-electron chi connectivity index (χ4n) is 3.08. The molecule has 0 radical (unpaired) electrons. The van der Waals surface area contributed by atoms with E-state index in [4.69, 9.17) is 4.74 Å². The zero-order chi connectivity index (χ0) is 19.2. The second-order valence-corrected chi connectivity index (χ2v) is 6.10. The summed E-state index contributed by atoms with van der Waals surface area (Å²) in [6.07, 6.45) is 1.32. The maximum Gasteiger partial charge on any atom is 0.253 e. The second kappa shape index (κ2) is 8.35. The third-order valence-corrected chi connectivity index (χ3v) is 4.40. The predicted octanol–water partition coefficient (Wildman–Crippen LogP) is 1.77. The number of hydrogen-bond acceptors (Lipinski definition) is 5. The van der Waals surface area contributed by atoms with Crippen LogP contribution >= 0.6 is 0 Å². The van der Waals surface area contributed by atoms with E-state index in [0.29, 0.717) is 24.5 Å². The lowest BCUT2D eigenvalue weighted by Crippen LogP contribution is -2.34. The SMILES string of the molecule is CCOc1cccc(/C=N/NC(=O)[C@@H]2C(=O)NC[C@@H]2c2ccccc2)c1O. The number of hydrazone groups is 1. The van der Waals surface area contributed by atoms with Gasteiger partial charge < -0.3 is 15.2 Å². The van der Waals surface area contributed by atoms with Gasteiger partial charge in [0.25, 0.3) is 5.91 Å². The molecule has 0 aliphatic carbocycles. The van der Waals surface area contributed by atoms with Crippen molar-refractivity contribution in [1.82, 2.24) is 10.7 Å². The number of para-hydroxylation sites is 1. The number of carbonyl (C=O) groups excluding carboxylic acids is 2. The molecule has 1 fully saturated rings.